The fourth-order valence-corrected chi connectivity index (χ4v) is 3.89. The number of rotatable bonds is 8. The highest BCUT2D eigenvalue weighted by atomic mass is 16.5. The number of piperidine rings is 1. The van der Waals surface area contributed by atoms with E-state index in [1.54, 1.807) is 31.2 Å². The molecule has 1 aliphatic heterocycles. The van der Waals surface area contributed by atoms with Gasteiger partial charge in [0.15, 0.2) is 0 Å². The zero-order valence-electron chi connectivity index (χ0n) is 18.1. The molecule has 7 heteroatoms. The van der Waals surface area contributed by atoms with Gasteiger partial charge in [0.2, 0.25) is 5.91 Å². The zero-order chi connectivity index (χ0) is 21.5. The number of nitrogens with zero attached hydrogens (tertiary/aromatic N) is 3. The van der Waals surface area contributed by atoms with Crippen molar-refractivity contribution in [3.05, 3.63) is 48.0 Å². The van der Waals surface area contributed by atoms with Crippen LogP contribution in [0.3, 0.4) is 0 Å². The summed E-state index contributed by atoms with van der Waals surface area (Å²) in [6.45, 7) is 9.69. The summed E-state index contributed by atoms with van der Waals surface area (Å²) in [5, 5.41) is 2.91. The molecular weight excluding hydrogens is 380 g/mol. The second kappa shape index (κ2) is 10.4. The van der Waals surface area contributed by atoms with Gasteiger partial charge in [0, 0.05) is 30.5 Å². The molecule has 1 aliphatic rings. The Morgan fingerprint density at radius 2 is 1.90 bits per heavy atom. The Morgan fingerprint density at radius 3 is 2.53 bits per heavy atom. The van der Waals surface area contributed by atoms with Crippen molar-refractivity contribution in [3.63, 3.8) is 0 Å². The molecule has 2 aromatic rings. The van der Waals surface area contributed by atoms with Gasteiger partial charge in [0.1, 0.15) is 5.82 Å². The van der Waals surface area contributed by atoms with Crippen LogP contribution in [0.15, 0.2) is 36.7 Å². The second-order valence-electron chi connectivity index (χ2n) is 8.16. The Hall–Kier alpha value is -2.67. The summed E-state index contributed by atoms with van der Waals surface area (Å²) in [6, 6.07) is 6.79. The van der Waals surface area contributed by atoms with Crippen molar-refractivity contribution in [2.75, 3.05) is 31.6 Å². The summed E-state index contributed by atoms with van der Waals surface area (Å²) < 4.78 is 7.25. The standard InChI is InChI=1S/C23H32N4O3/c1-4-30-23(29)19-5-7-20(8-6-19)25-21(28)16-26-12-9-18(10-13-26)15-27-14-11-24-22(27)17(2)3/h5-8,11,14,17-18H,4,9-10,12-13,15-16H2,1-3H3,(H,25,28). The Morgan fingerprint density at radius 1 is 1.20 bits per heavy atom. The van der Waals surface area contributed by atoms with E-state index in [2.05, 4.69) is 39.8 Å². The predicted octanol–water partition coefficient (Wildman–Crippen LogP) is 3.53. The normalized spacial score (nSPS) is 15.3. The first-order chi connectivity index (χ1) is 14.5. The molecule has 0 atom stereocenters. The van der Waals surface area contributed by atoms with E-state index >= 15 is 0 Å². The van der Waals surface area contributed by atoms with Gasteiger partial charge in [-0.2, -0.15) is 0 Å². The Labute approximate surface area is 178 Å². The number of esters is 1. The SMILES string of the molecule is CCOC(=O)c1ccc(NC(=O)CN2CCC(Cn3ccnc3C(C)C)CC2)cc1. The number of nitrogens with one attached hydrogen (secondary N) is 1. The van der Waals surface area contributed by atoms with E-state index < -0.39 is 0 Å². The molecule has 0 radical (unpaired) electrons. The molecule has 162 valence electrons. The molecule has 0 spiro atoms. The predicted molar refractivity (Wildman–Crippen MR) is 117 cm³/mol. The first kappa shape index (κ1) is 22.0. The maximum atomic E-state index is 12.4. The lowest BCUT2D eigenvalue weighted by Crippen LogP contribution is -2.40. The van der Waals surface area contributed by atoms with E-state index in [4.69, 9.17) is 4.74 Å². The molecular formula is C23H32N4O3. The first-order valence-electron chi connectivity index (χ1n) is 10.8. The molecule has 1 N–H and O–H groups in total. The summed E-state index contributed by atoms with van der Waals surface area (Å²) in [6.07, 6.45) is 6.12. The van der Waals surface area contributed by atoms with Crippen LogP contribution in [-0.4, -0.2) is 52.6 Å². The molecule has 1 fully saturated rings. The molecule has 7 nitrogen and oxygen atoms in total. The van der Waals surface area contributed by atoms with Crippen LogP contribution >= 0.6 is 0 Å². The number of likely N-dealkylation sites (tertiary alicyclic amines) is 1. The average Bonchev–Trinajstić information content (AvgIpc) is 3.18. The van der Waals surface area contributed by atoms with Crippen molar-refractivity contribution < 1.29 is 14.3 Å². The van der Waals surface area contributed by atoms with E-state index in [1.165, 1.54) is 0 Å². The highest BCUT2D eigenvalue weighted by molar-refractivity contribution is 5.94. The van der Waals surface area contributed by atoms with Gasteiger partial charge >= 0.3 is 5.97 Å². The Kier molecular flexibility index (Phi) is 7.63. The van der Waals surface area contributed by atoms with Crippen LogP contribution in [0.4, 0.5) is 5.69 Å². The number of imidazole rings is 1. The minimum Gasteiger partial charge on any atom is -0.462 e. The fourth-order valence-electron chi connectivity index (χ4n) is 3.89. The molecule has 1 aromatic heterocycles. The zero-order valence-corrected chi connectivity index (χ0v) is 18.1. The number of carbonyl (C=O) groups is 2. The summed E-state index contributed by atoms with van der Waals surface area (Å²) in [4.78, 5) is 30.8. The average molecular weight is 413 g/mol. The summed E-state index contributed by atoms with van der Waals surface area (Å²) in [5.41, 5.74) is 1.17. The lowest BCUT2D eigenvalue weighted by molar-refractivity contribution is -0.117. The van der Waals surface area contributed by atoms with Gasteiger partial charge < -0.3 is 14.6 Å². The van der Waals surface area contributed by atoms with Gasteiger partial charge in [-0.05, 0) is 63.0 Å². The highest BCUT2D eigenvalue weighted by Crippen LogP contribution is 2.21. The number of hydrogen-bond donors (Lipinski definition) is 1. The maximum absolute atomic E-state index is 12.4. The van der Waals surface area contributed by atoms with Gasteiger partial charge in [0.25, 0.3) is 0 Å². The minimum atomic E-state index is -0.352. The van der Waals surface area contributed by atoms with Crippen molar-refractivity contribution >= 4 is 17.6 Å². The van der Waals surface area contributed by atoms with Crippen LogP contribution in [0.5, 0.6) is 0 Å². The molecule has 0 unspecified atom stereocenters. The lowest BCUT2D eigenvalue weighted by atomic mass is 9.96. The molecule has 2 heterocycles. The van der Waals surface area contributed by atoms with Gasteiger partial charge in [0.05, 0.1) is 18.7 Å². The van der Waals surface area contributed by atoms with E-state index in [1.807, 2.05) is 6.20 Å². The Balaban J connectivity index is 1.43. The first-order valence-corrected chi connectivity index (χ1v) is 10.8. The van der Waals surface area contributed by atoms with Crippen LogP contribution in [0.1, 0.15) is 55.7 Å². The highest BCUT2D eigenvalue weighted by Gasteiger charge is 2.22. The van der Waals surface area contributed by atoms with E-state index in [0.29, 0.717) is 36.2 Å². The number of hydrogen-bond acceptors (Lipinski definition) is 5. The van der Waals surface area contributed by atoms with E-state index in [9.17, 15) is 9.59 Å². The molecule has 0 saturated carbocycles. The van der Waals surface area contributed by atoms with Crippen molar-refractivity contribution in [1.82, 2.24) is 14.5 Å². The third kappa shape index (κ3) is 5.92. The number of amides is 1. The van der Waals surface area contributed by atoms with Crippen molar-refractivity contribution in [1.29, 1.82) is 0 Å². The van der Waals surface area contributed by atoms with Crippen LogP contribution in [0.25, 0.3) is 0 Å². The molecule has 1 aromatic carbocycles. The largest absolute Gasteiger partial charge is 0.462 e. The minimum absolute atomic E-state index is 0.0333. The number of benzene rings is 1. The van der Waals surface area contributed by atoms with Gasteiger partial charge in [-0.15, -0.1) is 0 Å². The maximum Gasteiger partial charge on any atom is 0.338 e. The van der Waals surface area contributed by atoms with Crippen molar-refractivity contribution in [3.8, 4) is 0 Å². The molecule has 3 rings (SSSR count). The number of anilines is 1. The van der Waals surface area contributed by atoms with Crippen LogP contribution in [0, 0.1) is 5.92 Å². The smallest absolute Gasteiger partial charge is 0.338 e. The Bertz CT molecular complexity index is 836. The molecule has 1 amide bonds. The van der Waals surface area contributed by atoms with Crippen molar-refractivity contribution in [2.45, 2.75) is 46.1 Å². The second-order valence-corrected chi connectivity index (χ2v) is 8.16. The number of aromatic nitrogens is 2. The molecule has 0 bridgehead atoms. The summed E-state index contributed by atoms with van der Waals surface area (Å²) in [7, 11) is 0. The van der Waals surface area contributed by atoms with Crippen molar-refractivity contribution in [2.24, 2.45) is 5.92 Å². The van der Waals surface area contributed by atoms with E-state index in [-0.39, 0.29) is 11.9 Å². The third-order valence-electron chi connectivity index (χ3n) is 5.47. The monoisotopic (exact) mass is 412 g/mol. The van der Waals surface area contributed by atoms with Crippen LogP contribution in [0.2, 0.25) is 0 Å². The summed E-state index contributed by atoms with van der Waals surface area (Å²) >= 11 is 0. The molecule has 1 saturated heterocycles. The van der Waals surface area contributed by atoms with Gasteiger partial charge in [-0.25, -0.2) is 9.78 Å². The van der Waals surface area contributed by atoms with Gasteiger partial charge in [-0.1, -0.05) is 13.8 Å². The van der Waals surface area contributed by atoms with E-state index in [0.717, 1.165) is 38.3 Å². The quantitative estimate of drug-likeness (QED) is 0.671. The molecule has 30 heavy (non-hydrogen) atoms. The third-order valence-corrected chi connectivity index (χ3v) is 5.47. The number of carbonyl (C=O) groups excluding carboxylic acids is 2. The van der Waals surface area contributed by atoms with Crippen LogP contribution in [-0.2, 0) is 16.1 Å². The lowest BCUT2D eigenvalue weighted by Gasteiger charge is -2.32. The molecule has 0 aliphatic carbocycles. The van der Waals surface area contributed by atoms with Crippen LogP contribution < -0.4 is 5.32 Å². The summed E-state index contributed by atoms with van der Waals surface area (Å²) in [5.74, 6) is 1.80. The fraction of sp³-hybridized carbons (Fsp3) is 0.522. The topological polar surface area (TPSA) is 76.5 Å². The number of ether oxygens (including phenoxy) is 1. The van der Waals surface area contributed by atoms with Gasteiger partial charge in [-0.3, -0.25) is 9.69 Å².